The van der Waals surface area contributed by atoms with Gasteiger partial charge >= 0.3 is 0 Å². The minimum absolute atomic E-state index is 0.163. The van der Waals surface area contributed by atoms with E-state index in [-0.39, 0.29) is 6.10 Å². The molecule has 0 spiro atoms. The molecule has 0 aromatic carbocycles. The fourth-order valence-electron chi connectivity index (χ4n) is 1.31. The molecule has 86 valence electrons. The van der Waals surface area contributed by atoms with Crippen molar-refractivity contribution >= 4 is 17.0 Å². The van der Waals surface area contributed by atoms with Crippen molar-refractivity contribution in [2.75, 3.05) is 12.3 Å². The molecule has 0 amide bonds. The van der Waals surface area contributed by atoms with Crippen molar-refractivity contribution in [2.45, 2.75) is 20.0 Å². The highest BCUT2D eigenvalue weighted by molar-refractivity contribution is 7.14. The lowest BCUT2D eigenvalue weighted by molar-refractivity contribution is 0.0683. The molecule has 2 rings (SSSR count). The van der Waals surface area contributed by atoms with E-state index in [2.05, 4.69) is 10.1 Å². The van der Waals surface area contributed by atoms with Crippen LogP contribution in [0.4, 0.5) is 5.69 Å². The van der Waals surface area contributed by atoms with E-state index in [1.54, 1.807) is 0 Å². The number of nitrogens with zero attached hydrogens (tertiary/aromatic N) is 2. The summed E-state index contributed by atoms with van der Waals surface area (Å²) in [6.07, 6.45) is -0.163. The number of hydrogen-bond donors (Lipinski definition) is 1. The Balaban J connectivity index is 2.23. The summed E-state index contributed by atoms with van der Waals surface area (Å²) in [5, 5.41) is 5.76. The van der Waals surface area contributed by atoms with Crippen LogP contribution in [0.2, 0.25) is 0 Å². The maximum atomic E-state index is 5.77. The summed E-state index contributed by atoms with van der Waals surface area (Å²) in [5.74, 6) is 0.999. The third-order valence-electron chi connectivity index (χ3n) is 2.11. The Kier molecular flexibility index (Phi) is 3.21. The summed E-state index contributed by atoms with van der Waals surface area (Å²) in [6.45, 7) is 4.43. The van der Waals surface area contributed by atoms with Crippen molar-refractivity contribution in [3.05, 3.63) is 17.3 Å². The lowest BCUT2D eigenvalue weighted by Gasteiger charge is -2.04. The predicted octanol–water partition coefficient (Wildman–Crippen LogP) is 2.48. The van der Waals surface area contributed by atoms with Crippen molar-refractivity contribution < 1.29 is 9.26 Å². The average molecular weight is 239 g/mol. The van der Waals surface area contributed by atoms with E-state index in [1.165, 1.54) is 11.3 Å². The minimum Gasteiger partial charge on any atom is -0.397 e. The smallest absolute Gasteiger partial charge is 0.270 e. The average Bonchev–Trinajstić information content (AvgIpc) is 2.86. The van der Waals surface area contributed by atoms with Crippen molar-refractivity contribution in [2.24, 2.45) is 0 Å². The standard InChI is InChI=1S/C10H13N3O2S/c1-3-14-6(2)9-12-10(15-13-9)8-7(11)4-5-16-8/h4-6H,3,11H2,1-2H3. The maximum Gasteiger partial charge on any atom is 0.270 e. The van der Waals surface area contributed by atoms with Crippen LogP contribution >= 0.6 is 11.3 Å². The van der Waals surface area contributed by atoms with E-state index < -0.39 is 0 Å². The second-order valence-corrected chi connectivity index (χ2v) is 4.18. The molecule has 2 heterocycles. The topological polar surface area (TPSA) is 74.2 Å². The largest absolute Gasteiger partial charge is 0.397 e. The summed E-state index contributed by atoms with van der Waals surface area (Å²) >= 11 is 1.48. The Morgan fingerprint density at radius 1 is 1.62 bits per heavy atom. The summed E-state index contributed by atoms with van der Waals surface area (Å²) < 4.78 is 10.5. The van der Waals surface area contributed by atoms with E-state index >= 15 is 0 Å². The van der Waals surface area contributed by atoms with Crippen LogP contribution in [0.5, 0.6) is 0 Å². The number of thiophene rings is 1. The first kappa shape index (κ1) is 11.1. The van der Waals surface area contributed by atoms with E-state index in [9.17, 15) is 0 Å². The number of rotatable bonds is 4. The van der Waals surface area contributed by atoms with Crippen molar-refractivity contribution in [1.29, 1.82) is 0 Å². The van der Waals surface area contributed by atoms with Gasteiger partial charge in [-0.1, -0.05) is 5.16 Å². The second kappa shape index (κ2) is 4.63. The Labute approximate surface area is 97.2 Å². The fourth-order valence-corrected chi connectivity index (χ4v) is 2.05. The lowest BCUT2D eigenvalue weighted by Crippen LogP contribution is -2.01. The fraction of sp³-hybridized carbons (Fsp3) is 0.400. The van der Waals surface area contributed by atoms with Gasteiger partial charge in [-0.25, -0.2) is 0 Å². The van der Waals surface area contributed by atoms with Crippen molar-refractivity contribution in [3.63, 3.8) is 0 Å². The molecule has 1 unspecified atom stereocenters. The first-order chi connectivity index (χ1) is 7.72. The number of aromatic nitrogens is 2. The van der Waals surface area contributed by atoms with Crippen LogP contribution in [0.25, 0.3) is 10.8 Å². The van der Waals surface area contributed by atoms with Crippen LogP contribution in [0.15, 0.2) is 16.0 Å². The molecular weight excluding hydrogens is 226 g/mol. The Morgan fingerprint density at radius 2 is 2.44 bits per heavy atom. The number of hydrogen-bond acceptors (Lipinski definition) is 6. The Hall–Kier alpha value is -1.40. The van der Waals surface area contributed by atoms with E-state index in [1.807, 2.05) is 25.3 Å². The normalized spacial score (nSPS) is 12.9. The lowest BCUT2D eigenvalue weighted by atomic mass is 10.3. The van der Waals surface area contributed by atoms with Gasteiger partial charge in [-0.3, -0.25) is 0 Å². The zero-order valence-corrected chi connectivity index (χ0v) is 9.95. The predicted molar refractivity (Wildman–Crippen MR) is 62.1 cm³/mol. The van der Waals surface area contributed by atoms with Gasteiger partial charge in [0.15, 0.2) is 0 Å². The van der Waals surface area contributed by atoms with Crippen LogP contribution < -0.4 is 5.73 Å². The molecule has 0 aliphatic rings. The van der Waals surface area contributed by atoms with Crippen LogP contribution in [0.3, 0.4) is 0 Å². The van der Waals surface area contributed by atoms with Gasteiger partial charge < -0.3 is 15.0 Å². The molecule has 6 heteroatoms. The third-order valence-corrected chi connectivity index (χ3v) is 3.03. The van der Waals surface area contributed by atoms with E-state index in [0.717, 1.165) is 4.88 Å². The highest BCUT2D eigenvalue weighted by Crippen LogP contribution is 2.30. The molecule has 0 saturated carbocycles. The summed E-state index contributed by atoms with van der Waals surface area (Å²) in [4.78, 5) is 5.07. The van der Waals surface area contributed by atoms with Gasteiger partial charge in [0.1, 0.15) is 11.0 Å². The summed E-state index contributed by atoms with van der Waals surface area (Å²) in [5.41, 5.74) is 6.42. The van der Waals surface area contributed by atoms with Crippen LogP contribution in [-0.4, -0.2) is 16.7 Å². The molecule has 0 radical (unpaired) electrons. The van der Waals surface area contributed by atoms with Gasteiger partial charge in [0.25, 0.3) is 5.89 Å². The molecule has 2 N–H and O–H groups in total. The van der Waals surface area contributed by atoms with Gasteiger partial charge in [-0.2, -0.15) is 4.98 Å². The third kappa shape index (κ3) is 2.07. The SMILES string of the molecule is CCOC(C)c1noc(-c2sccc2N)n1. The van der Waals surface area contributed by atoms with Gasteiger partial charge in [0.2, 0.25) is 5.82 Å². The van der Waals surface area contributed by atoms with E-state index in [0.29, 0.717) is 24.0 Å². The van der Waals surface area contributed by atoms with Gasteiger partial charge in [0, 0.05) is 6.61 Å². The first-order valence-electron chi connectivity index (χ1n) is 5.01. The molecule has 2 aromatic rings. The van der Waals surface area contributed by atoms with Gasteiger partial charge in [0.05, 0.1) is 5.69 Å². The quantitative estimate of drug-likeness (QED) is 0.887. The van der Waals surface area contributed by atoms with Crippen molar-refractivity contribution in [1.82, 2.24) is 10.1 Å². The zero-order chi connectivity index (χ0) is 11.5. The van der Waals surface area contributed by atoms with Crippen LogP contribution in [0.1, 0.15) is 25.8 Å². The maximum absolute atomic E-state index is 5.77. The molecule has 16 heavy (non-hydrogen) atoms. The molecular formula is C10H13N3O2S. The number of nitrogens with two attached hydrogens (primary N) is 1. The molecule has 0 saturated heterocycles. The van der Waals surface area contributed by atoms with Crippen molar-refractivity contribution in [3.8, 4) is 10.8 Å². The van der Waals surface area contributed by atoms with Crippen LogP contribution in [0, 0.1) is 0 Å². The second-order valence-electron chi connectivity index (χ2n) is 3.26. The monoisotopic (exact) mass is 239 g/mol. The minimum atomic E-state index is -0.163. The molecule has 5 nitrogen and oxygen atoms in total. The molecule has 0 fully saturated rings. The molecule has 2 aromatic heterocycles. The number of ether oxygens (including phenoxy) is 1. The Morgan fingerprint density at radius 3 is 3.06 bits per heavy atom. The summed E-state index contributed by atoms with van der Waals surface area (Å²) in [7, 11) is 0. The molecule has 0 aliphatic carbocycles. The number of anilines is 1. The molecule has 1 atom stereocenters. The molecule has 0 aliphatic heterocycles. The highest BCUT2D eigenvalue weighted by Gasteiger charge is 2.16. The van der Waals surface area contributed by atoms with Crippen LogP contribution in [-0.2, 0) is 4.74 Å². The summed E-state index contributed by atoms with van der Waals surface area (Å²) in [6, 6.07) is 1.82. The van der Waals surface area contributed by atoms with Gasteiger partial charge in [-0.05, 0) is 25.3 Å². The Bertz CT molecular complexity index is 466. The highest BCUT2D eigenvalue weighted by atomic mass is 32.1. The van der Waals surface area contributed by atoms with E-state index in [4.69, 9.17) is 15.0 Å². The first-order valence-corrected chi connectivity index (χ1v) is 5.89. The molecule has 0 bridgehead atoms. The zero-order valence-electron chi connectivity index (χ0n) is 9.14. The van der Waals surface area contributed by atoms with Gasteiger partial charge in [-0.15, -0.1) is 11.3 Å². The number of nitrogen functional groups attached to an aromatic ring is 1.